The van der Waals surface area contributed by atoms with Crippen LogP contribution in [0, 0.1) is 0 Å². The summed E-state index contributed by atoms with van der Waals surface area (Å²) >= 11 is 9.98. The van der Waals surface area contributed by atoms with E-state index in [4.69, 9.17) is 21.7 Å². The molecule has 1 aliphatic rings. The van der Waals surface area contributed by atoms with E-state index in [2.05, 4.69) is 26.8 Å². The zero-order chi connectivity index (χ0) is 26.1. The lowest BCUT2D eigenvalue weighted by Gasteiger charge is -2.14. The van der Waals surface area contributed by atoms with Crippen molar-refractivity contribution in [1.29, 1.82) is 0 Å². The predicted molar refractivity (Wildman–Crippen MR) is 148 cm³/mol. The molecule has 1 heterocycles. The Balaban J connectivity index is 1.40. The van der Waals surface area contributed by atoms with Crippen LogP contribution in [0.2, 0.25) is 0 Å². The lowest BCUT2D eigenvalue weighted by atomic mass is 10.1. The standard InChI is InChI=1S/C25H26BrN3O5S2/c1-33-19-12-7-16(14-20(19)34-2)15-21-24(32)29(25(35)36-21)13-5-3-4-6-22(30)27-28-23(31)17-8-10-18(26)11-9-17/h7-12,14-15H,3-6,13H2,1-2H3,(H,27,30)(H,28,31)/b21-15-. The van der Waals surface area contributed by atoms with Gasteiger partial charge in [-0.15, -0.1) is 0 Å². The van der Waals surface area contributed by atoms with Crippen LogP contribution in [0.25, 0.3) is 6.08 Å². The van der Waals surface area contributed by atoms with Crippen molar-refractivity contribution in [3.05, 3.63) is 63.0 Å². The van der Waals surface area contributed by atoms with Crippen LogP contribution in [0.3, 0.4) is 0 Å². The maximum atomic E-state index is 12.8. The monoisotopic (exact) mass is 591 g/mol. The fourth-order valence-electron chi connectivity index (χ4n) is 3.38. The quantitative estimate of drug-likeness (QED) is 0.179. The van der Waals surface area contributed by atoms with Crippen LogP contribution >= 0.6 is 39.9 Å². The normalized spacial score (nSPS) is 14.2. The van der Waals surface area contributed by atoms with Crippen LogP contribution in [0.15, 0.2) is 51.8 Å². The Hall–Kier alpha value is -2.89. The van der Waals surface area contributed by atoms with Gasteiger partial charge in [0, 0.05) is 23.0 Å². The van der Waals surface area contributed by atoms with Gasteiger partial charge in [0.25, 0.3) is 11.8 Å². The highest BCUT2D eigenvalue weighted by atomic mass is 79.9. The lowest BCUT2D eigenvalue weighted by Crippen LogP contribution is -2.41. The summed E-state index contributed by atoms with van der Waals surface area (Å²) in [5.74, 6) is 0.407. The molecule has 2 aromatic rings. The molecule has 0 atom stereocenters. The second-order valence-corrected chi connectivity index (χ2v) is 10.4. The molecule has 0 aliphatic carbocycles. The predicted octanol–water partition coefficient (Wildman–Crippen LogP) is 4.69. The molecule has 0 radical (unpaired) electrons. The number of hydrogen-bond donors (Lipinski definition) is 2. The number of thioether (sulfide) groups is 1. The molecule has 3 rings (SSSR count). The van der Waals surface area contributed by atoms with E-state index in [1.165, 1.54) is 11.8 Å². The Labute approximate surface area is 227 Å². The number of benzene rings is 2. The number of amides is 3. The van der Waals surface area contributed by atoms with Crippen molar-refractivity contribution in [2.45, 2.75) is 25.7 Å². The molecule has 2 N–H and O–H groups in total. The largest absolute Gasteiger partial charge is 0.493 e. The van der Waals surface area contributed by atoms with E-state index in [-0.39, 0.29) is 24.1 Å². The van der Waals surface area contributed by atoms with Crippen LogP contribution < -0.4 is 20.3 Å². The van der Waals surface area contributed by atoms with E-state index >= 15 is 0 Å². The first-order chi connectivity index (χ1) is 17.3. The number of ether oxygens (including phenoxy) is 2. The number of nitrogens with zero attached hydrogens (tertiary/aromatic N) is 1. The molecule has 8 nitrogen and oxygen atoms in total. The Morgan fingerprint density at radius 1 is 1.03 bits per heavy atom. The summed E-state index contributed by atoms with van der Waals surface area (Å²) in [7, 11) is 3.13. The molecule has 11 heteroatoms. The summed E-state index contributed by atoms with van der Waals surface area (Å²) in [6.07, 6.45) is 4.11. The molecule has 0 saturated carbocycles. The highest BCUT2D eigenvalue weighted by Gasteiger charge is 2.31. The molecule has 1 saturated heterocycles. The SMILES string of the molecule is COc1ccc(/C=C2\SC(=S)N(CCCCCC(=O)NNC(=O)c3ccc(Br)cc3)C2=O)cc1OC. The van der Waals surface area contributed by atoms with Crippen molar-refractivity contribution in [2.24, 2.45) is 0 Å². The highest BCUT2D eigenvalue weighted by Crippen LogP contribution is 2.34. The number of hydrazine groups is 1. The zero-order valence-electron chi connectivity index (χ0n) is 19.8. The van der Waals surface area contributed by atoms with Gasteiger partial charge in [0.15, 0.2) is 11.5 Å². The average Bonchev–Trinajstić information content (AvgIpc) is 3.14. The maximum Gasteiger partial charge on any atom is 0.269 e. The Morgan fingerprint density at radius 3 is 2.44 bits per heavy atom. The van der Waals surface area contributed by atoms with Gasteiger partial charge in [-0.3, -0.25) is 30.1 Å². The third-order valence-corrected chi connectivity index (χ3v) is 7.19. The van der Waals surface area contributed by atoms with Crippen LogP contribution in [-0.2, 0) is 9.59 Å². The summed E-state index contributed by atoms with van der Waals surface area (Å²) in [6, 6.07) is 12.2. The van der Waals surface area contributed by atoms with E-state index in [1.807, 2.05) is 6.07 Å². The number of nitrogens with one attached hydrogen (secondary N) is 2. The van der Waals surface area contributed by atoms with E-state index in [1.54, 1.807) is 61.6 Å². The number of carbonyl (C=O) groups is 3. The molecule has 0 aromatic heterocycles. The Bertz CT molecular complexity index is 1170. The van der Waals surface area contributed by atoms with Gasteiger partial charge in [-0.25, -0.2) is 0 Å². The molecule has 1 fully saturated rings. The molecular formula is C25H26BrN3O5S2. The van der Waals surface area contributed by atoms with Crippen LogP contribution in [-0.4, -0.2) is 47.7 Å². The van der Waals surface area contributed by atoms with Crippen LogP contribution in [0.1, 0.15) is 41.6 Å². The van der Waals surface area contributed by atoms with E-state index in [0.717, 1.165) is 16.5 Å². The molecule has 0 bridgehead atoms. The summed E-state index contributed by atoms with van der Waals surface area (Å²) in [6.45, 7) is 0.482. The maximum absolute atomic E-state index is 12.8. The van der Waals surface area contributed by atoms with Crippen LogP contribution in [0.4, 0.5) is 0 Å². The molecule has 190 valence electrons. The molecule has 0 spiro atoms. The smallest absolute Gasteiger partial charge is 0.269 e. The van der Waals surface area contributed by atoms with Gasteiger partial charge in [-0.1, -0.05) is 52.4 Å². The summed E-state index contributed by atoms with van der Waals surface area (Å²) in [4.78, 5) is 39.0. The van der Waals surface area contributed by atoms with Gasteiger partial charge in [0.05, 0.1) is 19.1 Å². The van der Waals surface area contributed by atoms with E-state index in [9.17, 15) is 14.4 Å². The highest BCUT2D eigenvalue weighted by molar-refractivity contribution is 9.10. The minimum Gasteiger partial charge on any atom is -0.493 e. The topological polar surface area (TPSA) is 97.0 Å². The van der Waals surface area contributed by atoms with Crippen molar-refractivity contribution >= 4 is 68.0 Å². The van der Waals surface area contributed by atoms with Crippen molar-refractivity contribution in [3.8, 4) is 11.5 Å². The fourth-order valence-corrected chi connectivity index (χ4v) is 4.95. The van der Waals surface area contributed by atoms with E-state index in [0.29, 0.717) is 45.7 Å². The van der Waals surface area contributed by atoms with Gasteiger partial charge in [-0.05, 0) is 60.9 Å². The van der Waals surface area contributed by atoms with Crippen molar-refractivity contribution in [2.75, 3.05) is 20.8 Å². The number of unbranched alkanes of at least 4 members (excludes halogenated alkanes) is 2. The van der Waals surface area contributed by atoms with Crippen molar-refractivity contribution in [1.82, 2.24) is 15.8 Å². The van der Waals surface area contributed by atoms with Gasteiger partial charge < -0.3 is 9.47 Å². The summed E-state index contributed by atoms with van der Waals surface area (Å²) in [5.41, 5.74) is 6.09. The molecule has 0 unspecified atom stereocenters. The summed E-state index contributed by atoms with van der Waals surface area (Å²) in [5, 5.41) is 0. The second-order valence-electron chi connectivity index (χ2n) is 7.77. The molecule has 3 amide bonds. The van der Waals surface area contributed by atoms with Gasteiger partial charge in [0.2, 0.25) is 5.91 Å². The molecule has 1 aliphatic heterocycles. The number of carbonyl (C=O) groups excluding carboxylic acids is 3. The fraction of sp³-hybridized carbons (Fsp3) is 0.280. The third-order valence-electron chi connectivity index (χ3n) is 5.29. The number of methoxy groups -OCH3 is 2. The average molecular weight is 593 g/mol. The zero-order valence-corrected chi connectivity index (χ0v) is 23.1. The number of halogens is 1. The van der Waals surface area contributed by atoms with Crippen LogP contribution in [0.5, 0.6) is 11.5 Å². The van der Waals surface area contributed by atoms with Crippen molar-refractivity contribution in [3.63, 3.8) is 0 Å². The number of rotatable bonds is 10. The Morgan fingerprint density at radius 2 is 1.75 bits per heavy atom. The summed E-state index contributed by atoms with van der Waals surface area (Å²) < 4.78 is 11.9. The Kier molecular flexibility index (Phi) is 10.3. The van der Waals surface area contributed by atoms with E-state index < -0.39 is 0 Å². The minimum atomic E-state index is -0.383. The minimum absolute atomic E-state index is 0.131. The van der Waals surface area contributed by atoms with Crippen molar-refractivity contribution < 1.29 is 23.9 Å². The van der Waals surface area contributed by atoms with Gasteiger partial charge >= 0.3 is 0 Å². The second kappa shape index (κ2) is 13.4. The third kappa shape index (κ3) is 7.55. The number of thiocarbonyl (C=S) groups is 1. The number of hydrogen-bond acceptors (Lipinski definition) is 7. The molecule has 36 heavy (non-hydrogen) atoms. The first-order valence-corrected chi connectivity index (χ1v) is 13.2. The molecular weight excluding hydrogens is 566 g/mol. The van der Waals surface area contributed by atoms with Gasteiger partial charge in [-0.2, -0.15) is 0 Å². The lowest BCUT2D eigenvalue weighted by molar-refractivity contribution is -0.123. The first-order valence-electron chi connectivity index (χ1n) is 11.1. The van der Waals surface area contributed by atoms with Gasteiger partial charge in [0.1, 0.15) is 4.32 Å². The molecule has 2 aromatic carbocycles. The first kappa shape index (κ1) is 27.7.